The molecule has 0 saturated heterocycles. The van der Waals surface area contributed by atoms with Crippen LogP contribution in [0.4, 0.5) is 0 Å². The van der Waals surface area contributed by atoms with Gasteiger partial charge in [0.15, 0.2) is 0 Å². The zero-order valence-electron chi connectivity index (χ0n) is 7.99. The Morgan fingerprint density at radius 3 is 1.79 bits per heavy atom. The number of hydrazine groups is 10. The van der Waals surface area contributed by atoms with Crippen molar-refractivity contribution < 1.29 is 0 Å². The summed E-state index contributed by atoms with van der Waals surface area (Å²) in [5.41, 5.74) is 25.1. The highest BCUT2D eigenvalue weighted by atomic mass is 15.9. The molecule has 0 aromatic carbocycles. The standard InChI is InChI=1S/C3H19N11/c1-2-3-5-7-9-11-13-14-12-10-8-6-4/h5-14H,2-4H2,1H3. The van der Waals surface area contributed by atoms with E-state index in [0.717, 1.165) is 13.0 Å². The smallest absolute Gasteiger partial charge is 0.0111 e. The molecule has 0 rings (SSSR count). The molecule has 12 N–H and O–H groups in total. The second kappa shape index (κ2) is 12.6. The fourth-order valence-corrected chi connectivity index (χ4v) is 0.455. The molecule has 0 spiro atoms. The third kappa shape index (κ3) is 11.6. The maximum absolute atomic E-state index is 4.88. The monoisotopic (exact) mass is 209 g/mol. The molecule has 0 fully saturated rings. The fraction of sp³-hybridized carbons (Fsp3) is 1.00. The molecule has 0 aliphatic rings. The van der Waals surface area contributed by atoms with Crippen LogP contribution in [0.3, 0.4) is 0 Å². The molecule has 11 heteroatoms. The second-order valence-electron chi connectivity index (χ2n) is 2.07. The minimum Gasteiger partial charge on any atom is -0.257 e. The highest BCUT2D eigenvalue weighted by Crippen LogP contribution is 1.62. The normalized spacial score (nSPS) is 10.7. The first kappa shape index (κ1) is 13.6. The van der Waals surface area contributed by atoms with E-state index in [4.69, 9.17) is 5.84 Å². The lowest BCUT2D eigenvalue weighted by atomic mass is 10.5. The molecule has 14 heavy (non-hydrogen) atoms. The number of rotatable bonds is 11. The Kier molecular flexibility index (Phi) is 12.2. The summed E-state index contributed by atoms with van der Waals surface area (Å²) >= 11 is 0. The maximum atomic E-state index is 4.88. The van der Waals surface area contributed by atoms with E-state index in [0.29, 0.717) is 0 Å². The molecule has 86 valence electrons. The first-order valence-electron chi connectivity index (χ1n) is 4.10. The highest BCUT2D eigenvalue weighted by Gasteiger charge is 1.81. The largest absolute Gasteiger partial charge is 0.257 e. The van der Waals surface area contributed by atoms with Crippen molar-refractivity contribution in [2.75, 3.05) is 6.54 Å². The summed E-state index contributed by atoms with van der Waals surface area (Å²) in [4.78, 5) is 0. The summed E-state index contributed by atoms with van der Waals surface area (Å²) in [6.07, 6.45) is 1.05. The Hall–Kier alpha value is -0.440. The van der Waals surface area contributed by atoms with E-state index >= 15 is 0 Å². The third-order valence-electron chi connectivity index (χ3n) is 0.973. The van der Waals surface area contributed by atoms with Gasteiger partial charge in [0.2, 0.25) is 0 Å². The zero-order chi connectivity index (χ0) is 10.5. The van der Waals surface area contributed by atoms with Gasteiger partial charge in [0.25, 0.3) is 0 Å². The Morgan fingerprint density at radius 2 is 1.29 bits per heavy atom. The predicted molar refractivity (Wildman–Crippen MR) is 50.7 cm³/mol. The molecule has 0 aliphatic carbocycles. The average Bonchev–Trinajstić information content (AvgIpc) is 2.21. The molecule has 0 heterocycles. The number of nitrogens with two attached hydrogens (primary N) is 1. The van der Waals surface area contributed by atoms with Crippen molar-refractivity contribution in [2.24, 2.45) is 5.84 Å². The molecule has 0 aromatic rings. The van der Waals surface area contributed by atoms with Crippen LogP contribution in [0.2, 0.25) is 0 Å². The number of nitrogens with one attached hydrogen (secondary N) is 10. The first-order valence-corrected chi connectivity index (χ1v) is 4.10. The molecule has 0 radical (unpaired) electrons. The molecule has 0 amide bonds. The molecular formula is C3H19N11. The van der Waals surface area contributed by atoms with Crippen molar-refractivity contribution in [2.45, 2.75) is 13.3 Å². The van der Waals surface area contributed by atoms with Gasteiger partial charge in [-0.15, -0.1) is 0 Å². The summed E-state index contributed by atoms with van der Waals surface area (Å²) < 4.78 is 0. The van der Waals surface area contributed by atoms with Gasteiger partial charge >= 0.3 is 0 Å². The van der Waals surface area contributed by atoms with E-state index < -0.39 is 0 Å². The third-order valence-corrected chi connectivity index (χ3v) is 0.973. The molecule has 0 atom stereocenters. The van der Waals surface area contributed by atoms with Gasteiger partial charge in [0, 0.05) is 6.54 Å². The van der Waals surface area contributed by atoms with Crippen LogP contribution in [0.1, 0.15) is 13.3 Å². The fourth-order valence-electron chi connectivity index (χ4n) is 0.455. The summed E-state index contributed by atoms with van der Waals surface area (Å²) in [6.45, 7) is 2.93. The molecule has 11 nitrogen and oxygen atoms in total. The number of hydrogen-bond donors (Lipinski definition) is 11. The Morgan fingerprint density at radius 1 is 0.786 bits per heavy atom. The average molecular weight is 209 g/mol. The Labute approximate surface area is 82.0 Å². The topological polar surface area (TPSA) is 146 Å². The summed E-state index contributed by atoms with van der Waals surface area (Å²) in [7, 11) is 0. The molecule has 0 bridgehead atoms. The molecular weight excluding hydrogens is 190 g/mol. The van der Waals surface area contributed by atoms with Crippen molar-refractivity contribution in [1.29, 1.82) is 0 Å². The summed E-state index contributed by atoms with van der Waals surface area (Å²) in [6, 6.07) is 0. The van der Waals surface area contributed by atoms with Crippen LogP contribution >= 0.6 is 0 Å². The molecule has 0 unspecified atom stereocenters. The van der Waals surface area contributed by atoms with Gasteiger partial charge in [0.05, 0.1) is 0 Å². The molecule has 0 aliphatic heterocycles. The van der Waals surface area contributed by atoms with E-state index in [9.17, 15) is 0 Å². The summed E-state index contributed by atoms with van der Waals surface area (Å²) in [5, 5.41) is 0. The zero-order valence-corrected chi connectivity index (χ0v) is 7.99. The van der Waals surface area contributed by atoms with E-state index in [1.165, 1.54) is 0 Å². The van der Waals surface area contributed by atoms with Crippen LogP contribution in [0.15, 0.2) is 0 Å². The van der Waals surface area contributed by atoms with Crippen LogP contribution in [0.25, 0.3) is 0 Å². The van der Waals surface area contributed by atoms with Crippen LogP contribution in [0.5, 0.6) is 0 Å². The van der Waals surface area contributed by atoms with Gasteiger partial charge in [-0.3, -0.25) is 5.84 Å². The van der Waals surface area contributed by atoms with Crippen LogP contribution in [-0.4, -0.2) is 6.54 Å². The van der Waals surface area contributed by atoms with Gasteiger partial charge in [-0.05, 0) is 6.42 Å². The van der Waals surface area contributed by atoms with Crippen LogP contribution in [0, 0.1) is 0 Å². The quantitative estimate of drug-likeness (QED) is 0.0907. The van der Waals surface area contributed by atoms with E-state index in [-0.39, 0.29) is 0 Å². The predicted octanol–water partition coefficient (Wildman–Crippen LogP) is -4.60. The van der Waals surface area contributed by atoms with Crippen LogP contribution in [-0.2, 0) is 0 Å². The van der Waals surface area contributed by atoms with Crippen molar-refractivity contribution in [3.05, 3.63) is 0 Å². The van der Waals surface area contributed by atoms with E-state index in [1.807, 2.05) is 0 Å². The molecule has 0 saturated carbocycles. The van der Waals surface area contributed by atoms with Crippen LogP contribution < -0.4 is 61.1 Å². The first-order chi connectivity index (χ1) is 6.91. The van der Waals surface area contributed by atoms with Crippen molar-refractivity contribution in [3.63, 3.8) is 0 Å². The van der Waals surface area contributed by atoms with Gasteiger partial charge in [0.1, 0.15) is 0 Å². The van der Waals surface area contributed by atoms with Gasteiger partial charge in [-0.25, -0.2) is 5.43 Å². The second-order valence-corrected chi connectivity index (χ2v) is 2.07. The lowest BCUT2D eigenvalue weighted by molar-refractivity contribution is 0.233. The lowest BCUT2D eigenvalue weighted by Gasteiger charge is -2.12. The van der Waals surface area contributed by atoms with Crippen molar-refractivity contribution in [1.82, 2.24) is 55.2 Å². The Balaban J connectivity index is 2.78. The summed E-state index contributed by atoms with van der Waals surface area (Å²) in [5.74, 6) is 4.88. The van der Waals surface area contributed by atoms with E-state index in [1.54, 1.807) is 0 Å². The maximum Gasteiger partial charge on any atom is 0.0111 e. The Bertz CT molecular complexity index is 84.5. The highest BCUT2D eigenvalue weighted by molar-refractivity contribution is 4.29. The minimum atomic E-state index is 0.869. The number of hydrogen-bond acceptors (Lipinski definition) is 11. The van der Waals surface area contributed by atoms with Gasteiger partial charge in [-0.1, -0.05) is 6.92 Å². The van der Waals surface area contributed by atoms with E-state index in [2.05, 4.69) is 62.2 Å². The lowest BCUT2D eigenvalue weighted by Crippen LogP contribution is -2.65. The minimum absolute atomic E-state index is 0.869. The molecule has 0 aromatic heterocycles. The SMILES string of the molecule is CCCNNNNNNNNNNN. The van der Waals surface area contributed by atoms with Crippen molar-refractivity contribution in [3.8, 4) is 0 Å². The van der Waals surface area contributed by atoms with Gasteiger partial charge < -0.3 is 0 Å². The van der Waals surface area contributed by atoms with Gasteiger partial charge in [-0.2, -0.15) is 49.8 Å². The van der Waals surface area contributed by atoms with Crippen molar-refractivity contribution >= 4 is 0 Å².